The van der Waals surface area contributed by atoms with Gasteiger partial charge >= 0.3 is 0 Å². The Bertz CT molecular complexity index is 983. The summed E-state index contributed by atoms with van der Waals surface area (Å²) in [7, 11) is 0. The standard InChI is InChI=1S/C20H18ClN3O3S/c1-12-9-14(10-13(2)18(12)21)27-11-17(25)23-16-6-4-3-5-15(16)19(26)24-20-22-7-8-28-20/h3-10H,11H2,1-2H3,(H,23,25)(H,22,24,26). The van der Waals surface area contributed by atoms with Crippen LogP contribution in [0.2, 0.25) is 5.02 Å². The van der Waals surface area contributed by atoms with E-state index in [1.165, 1.54) is 11.3 Å². The van der Waals surface area contributed by atoms with Crippen molar-refractivity contribution in [2.75, 3.05) is 17.2 Å². The van der Waals surface area contributed by atoms with Gasteiger partial charge in [0.2, 0.25) is 0 Å². The van der Waals surface area contributed by atoms with Gasteiger partial charge in [0, 0.05) is 16.6 Å². The lowest BCUT2D eigenvalue weighted by Crippen LogP contribution is -2.22. The topological polar surface area (TPSA) is 80.3 Å². The first kappa shape index (κ1) is 19.9. The minimum absolute atomic E-state index is 0.192. The monoisotopic (exact) mass is 415 g/mol. The SMILES string of the molecule is Cc1cc(OCC(=O)Nc2ccccc2C(=O)Nc2nccs2)cc(C)c1Cl. The zero-order chi connectivity index (χ0) is 20.1. The zero-order valence-corrected chi connectivity index (χ0v) is 16.9. The van der Waals surface area contributed by atoms with Crippen LogP contribution in [-0.4, -0.2) is 23.4 Å². The number of para-hydroxylation sites is 1. The Morgan fingerprint density at radius 1 is 1.14 bits per heavy atom. The summed E-state index contributed by atoms with van der Waals surface area (Å²) in [5.41, 5.74) is 2.49. The van der Waals surface area contributed by atoms with Gasteiger partial charge < -0.3 is 10.1 Å². The molecule has 0 radical (unpaired) electrons. The number of hydrogen-bond donors (Lipinski definition) is 2. The number of nitrogens with one attached hydrogen (secondary N) is 2. The van der Waals surface area contributed by atoms with Gasteiger partial charge in [-0.25, -0.2) is 4.98 Å². The second kappa shape index (κ2) is 8.86. The van der Waals surface area contributed by atoms with Crippen molar-refractivity contribution in [2.24, 2.45) is 0 Å². The van der Waals surface area contributed by atoms with E-state index in [9.17, 15) is 9.59 Å². The molecule has 2 aromatic carbocycles. The molecular formula is C20H18ClN3O3S. The van der Waals surface area contributed by atoms with E-state index in [0.29, 0.717) is 27.2 Å². The third kappa shape index (κ3) is 4.88. The van der Waals surface area contributed by atoms with Crippen molar-refractivity contribution in [3.05, 3.63) is 69.7 Å². The zero-order valence-electron chi connectivity index (χ0n) is 15.3. The van der Waals surface area contributed by atoms with Crippen LogP contribution < -0.4 is 15.4 Å². The smallest absolute Gasteiger partial charge is 0.262 e. The van der Waals surface area contributed by atoms with E-state index in [2.05, 4.69) is 15.6 Å². The van der Waals surface area contributed by atoms with Gasteiger partial charge in [-0.05, 0) is 49.2 Å². The average Bonchev–Trinajstić information content (AvgIpc) is 3.17. The van der Waals surface area contributed by atoms with Crippen molar-refractivity contribution in [1.29, 1.82) is 0 Å². The molecule has 0 unspecified atom stereocenters. The summed E-state index contributed by atoms with van der Waals surface area (Å²) in [5.74, 6) is -0.167. The molecule has 2 N–H and O–H groups in total. The summed E-state index contributed by atoms with van der Waals surface area (Å²) >= 11 is 7.46. The van der Waals surface area contributed by atoms with Gasteiger partial charge in [-0.15, -0.1) is 11.3 Å². The summed E-state index contributed by atoms with van der Waals surface area (Å²) in [6.07, 6.45) is 1.60. The lowest BCUT2D eigenvalue weighted by molar-refractivity contribution is -0.118. The summed E-state index contributed by atoms with van der Waals surface area (Å²) < 4.78 is 5.56. The van der Waals surface area contributed by atoms with Gasteiger partial charge in [0.15, 0.2) is 11.7 Å². The minimum atomic E-state index is -0.375. The second-order valence-electron chi connectivity index (χ2n) is 6.04. The van der Waals surface area contributed by atoms with Gasteiger partial charge in [-0.2, -0.15) is 0 Å². The number of halogens is 1. The van der Waals surface area contributed by atoms with Crippen LogP contribution in [0.25, 0.3) is 0 Å². The number of carbonyl (C=O) groups is 2. The van der Waals surface area contributed by atoms with E-state index in [4.69, 9.17) is 16.3 Å². The molecule has 0 saturated heterocycles. The predicted octanol–water partition coefficient (Wildman–Crippen LogP) is 4.68. The largest absolute Gasteiger partial charge is 0.484 e. The molecule has 0 aliphatic carbocycles. The minimum Gasteiger partial charge on any atom is -0.484 e. The first-order valence-corrected chi connectivity index (χ1v) is 9.69. The van der Waals surface area contributed by atoms with Gasteiger partial charge in [-0.3, -0.25) is 14.9 Å². The van der Waals surface area contributed by atoms with Crippen molar-refractivity contribution in [3.63, 3.8) is 0 Å². The molecule has 0 atom stereocenters. The van der Waals surface area contributed by atoms with E-state index >= 15 is 0 Å². The van der Waals surface area contributed by atoms with Gasteiger partial charge in [0.25, 0.3) is 11.8 Å². The number of ether oxygens (including phenoxy) is 1. The Kier molecular flexibility index (Phi) is 6.28. The lowest BCUT2D eigenvalue weighted by atomic mass is 10.1. The predicted molar refractivity (Wildman–Crippen MR) is 112 cm³/mol. The van der Waals surface area contributed by atoms with Crippen LogP contribution >= 0.6 is 22.9 Å². The van der Waals surface area contributed by atoms with Crippen LogP contribution in [0.4, 0.5) is 10.8 Å². The Labute approximate surface area is 171 Å². The highest BCUT2D eigenvalue weighted by molar-refractivity contribution is 7.13. The van der Waals surface area contributed by atoms with Crippen LogP contribution in [0.1, 0.15) is 21.5 Å². The van der Waals surface area contributed by atoms with Crippen molar-refractivity contribution >= 4 is 45.6 Å². The first-order chi connectivity index (χ1) is 13.4. The average molecular weight is 416 g/mol. The molecule has 0 saturated carbocycles. The maximum absolute atomic E-state index is 12.5. The first-order valence-electron chi connectivity index (χ1n) is 8.43. The number of rotatable bonds is 6. The molecule has 0 spiro atoms. The summed E-state index contributed by atoms with van der Waals surface area (Å²) in [6, 6.07) is 10.3. The Morgan fingerprint density at radius 3 is 2.54 bits per heavy atom. The number of carbonyl (C=O) groups excluding carboxylic acids is 2. The molecule has 6 nitrogen and oxygen atoms in total. The molecule has 2 amide bonds. The second-order valence-corrected chi connectivity index (χ2v) is 7.32. The highest BCUT2D eigenvalue weighted by atomic mass is 35.5. The molecule has 144 valence electrons. The Hall–Kier alpha value is -2.90. The van der Waals surface area contributed by atoms with Crippen LogP contribution in [0.15, 0.2) is 48.0 Å². The number of amides is 2. The number of anilines is 2. The number of benzene rings is 2. The van der Waals surface area contributed by atoms with Crippen molar-refractivity contribution in [2.45, 2.75) is 13.8 Å². The molecule has 3 aromatic rings. The van der Waals surface area contributed by atoms with Gasteiger partial charge in [0.1, 0.15) is 5.75 Å². The van der Waals surface area contributed by atoms with Crippen molar-refractivity contribution in [3.8, 4) is 5.75 Å². The highest BCUT2D eigenvalue weighted by Crippen LogP contribution is 2.26. The van der Waals surface area contributed by atoms with E-state index in [1.54, 1.807) is 48.0 Å². The number of thiazole rings is 1. The molecular weight excluding hydrogens is 398 g/mol. The molecule has 8 heteroatoms. The van der Waals surface area contributed by atoms with Crippen LogP contribution in [-0.2, 0) is 4.79 Å². The van der Waals surface area contributed by atoms with Crippen LogP contribution in [0, 0.1) is 13.8 Å². The summed E-state index contributed by atoms with van der Waals surface area (Å²) in [6.45, 7) is 3.56. The molecule has 0 bridgehead atoms. The van der Waals surface area contributed by atoms with Crippen LogP contribution in [0.5, 0.6) is 5.75 Å². The summed E-state index contributed by atoms with van der Waals surface area (Å²) in [5, 5.41) is 8.35. The maximum Gasteiger partial charge on any atom is 0.262 e. The number of nitrogens with zero attached hydrogens (tertiary/aromatic N) is 1. The number of hydrogen-bond acceptors (Lipinski definition) is 5. The van der Waals surface area contributed by atoms with Gasteiger partial charge in [-0.1, -0.05) is 23.7 Å². The molecule has 0 aliphatic heterocycles. The molecule has 1 aromatic heterocycles. The van der Waals surface area contributed by atoms with Crippen molar-refractivity contribution in [1.82, 2.24) is 4.98 Å². The number of aryl methyl sites for hydroxylation is 2. The molecule has 28 heavy (non-hydrogen) atoms. The van der Waals surface area contributed by atoms with E-state index < -0.39 is 0 Å². The van der Waals surface area contributed by atoms with Crippen LogP contribution in [0.3, 0.4) is 0 Å². The van der Waals surface area contributed by atoms with Gasteiger partial charge in [0.05, 0.1) is 11.3 Å². The fourth-order valence-electron chi connectivity index (χ4n) is 2.56. The maximum atomic E-state index is 12.5. The quantitative estimate of drug-likeness (QED) is 0.612. The third-order valence-electron chi connectivity index (χ3n) is 3.88. The third-order valence-corrected chi connectivity index (χ3v) is 5.16. The molecule has 0 aliphatic rings. The lowest BCUT2D eigenvalue weighted by Gasteiger charge is -2.12. The summed E-state index contributed by atoms with van der Waals surface area (Å²) in [4.78, 5) is 28.8. The Morgan fingerprint density at radius 2 is 1.86 bits per heavy atom. The highest BCUT2D eigenvalue weighted by Gasteiger charge is 2.14. The molecule has 1 heterocycles. The Balaban J connectivity index is 1.65. The fourth-order valence-corrected chi connectivity index (χ4v) is 3.20. The van der Waals surface area contributed by atoms with Crippen molar-refractivity contribution < 1.29 is 14.3 Å². The molecule has 0 fully saturated rings. The van der Waals surface area contributed by atoms with E-state index in [0.717, 1.165) is 11.1 Å². The fraction of sp³-hybridized carbons (Fsp3) is 0.150. The molecule has 3 rings (SSSR count). The normalized spacial score (nSPS) is 10.4. The van der Waals surface area contributed by atoms with E-state index in [1.807, 2.05) is 13.8 Å². The number of aromatic nitrogens is 1. The van der Waals surface area contributed by atoms with E-state index in [-0.39, 0.29) is 18.4 Å².